The van der Waals surface area contributed by atoms with Crippen molar-refractivity contribution in [3.8, 4) is 5.75 Å². The Bertz CT molecular complexity index is 537. The van der Waals surface area contributed by atoms with E-state index in [1.807, 2.05) is 0 Å². The van der Waals surface area contributed by atoms with Gasteiger partial charge in [-0.15, -0.1) is 0 Å². The molecule has 0 saturated carbocycles. The van der Waals surface area contributed by atoms with Gasteiger partial charge in [0.1, 0.15) is 5.75 Å². The second-order valence-electron chi connectivity index (χ2n) is 4.40. The van der Waals surface area contributed by atoms with Gasteiger partial charge >= 0.3 is 5.97 Å². The number of hydrogen-bond acceptors (Lipinski definition) is 4. The zero-order valence-electron chi connectivity index (χ0n) is 11.3. The first-order chi connectivity index (χ1) is 9.72. The number of carboxylic acid groups (broad SMARTS) is 1. The summed E-state index contributed by atoms with van der Waals surface area (Å²) in [5.41, 5.74) is 0. The summed E-state index contributed by atoms with van der Waals surface area (Å²) in [5.74, 6) is -1.57. The number of nitrogens with one attached hydrogen (secondary N) is 1. The molecular formula is C13H15BrClNO5. The third-order valence-corrected chi connectivity index (χ3v) is 3.47. The minimum atomic E-state index is -1.39. The van der Waals surface area contributed by atoms with Crippen LogP contribution in [0.15, 0.2) is 22.7 Å². The molecule has 0 saturated heterocycles. The Kier molecular flexibility index (Phi) is 6.44. The second kappa shape index (κ2) is 7.63. The molecule has 3 N–H and O–H groups in total. The van der Waals surface area contributed by atoms with Crippen LogP contribution in [-0.4, -0.2) is 40.3 Å². The summed E-state index contributed by atoms with van der Waals surface area (Å²) in [7, 11) is 0. The van der Waals surface area contributed by atoms with Gasteiger partial charge in [-0.2, -0.15) is 0 Å². The maximum Gasteiger partial charge on any atom is 0.328 e. The molecule has 116 valence electrons. The van der Waals surface area contributed by atoms with Crippen LogP contribution < -0.4 is 10.1 Å². The summed E-state index contributed by atoms with van der Waals surface area (Å²) in [4.78, 5) is 22.8. The van der Waals surface area contributed by atoms with Gasteiger partial charge in [0.2, 0.25) is 0 Å². The topological polar surface area (TPSA) is 95.9 Å². The van der Waals surface area contributed by atoms with Crippen LogP contribution in [0.1, 0.15) is 13.8 Å². The average molecular weight is 381 g/mol. The van der Waals surface area contributed by atoms with Crippen LogP contribution in [-0.2, 0) is 9.59 Å². The normalized spacial score (nSPS) is 14.9. The summed E-state index contributed by atoms with van der Waals surface area (Å²) in [6, 6.07) is 3.40. The highest BCUT2D eigenvalue weighted by Crippen LogP contribution is 2.28. The molecule has 0 aliphatic carbocycles. The fourth-order valence-electron chi connectivity index (χ4n) is 1.47. The lowest BCUT2D eigenvalue weighted by Crippen LogP contribution is -2.51. The average Bonchev–Trinajstić information content (AvgIpc) is 2.37. The predicted molar refractivity (Wildman–Crippen MR) is 80.5 cm³/mol. The molecule has 1 amide bonds. The van der Waals surface area contributed by atoms with Gasteiger partial charge < -0.3 is 20.3 Å². The van der Waals surface area contributed by atoms with Crippen LogP contribution in [0.25, 0.3) is 0 Å². The van der Waals surface area contributed by atoms with Crippen molar-refractivity contribution in [2.24, 2.45) is 0 Å². The highest BCUT2D eigenvalue weighted by atomic mass is 79.9. The van der Waals surface area contributed by atoms with E-state index >= 15 is 0 Å². The fraction of sp³-hybridized carbons (Fsp3) is 0.385. The standard InChI is InChI=1S/C13H15BrClNO5/c1-6(17)11(13(19)20)16-12(18)7(2)21-10-4-3-8(15)5-9(10)14/h3-7,11,17H,1-2H3,(H,16,18)(H,19,20). The lowest BCUT2D eigenvalue weighted by atomic mass is 10.2. The van der Waals surface area contributed by atoms with Gasteiger partial charge in [-0.05, 0) is 48.0 Å². The molecule has 3 atom stereocenters. The first-order valence-corrected chi connectivity index (χ1v) is 7.22. The number of amides is 1. The van der Waals surface area contributed by atoms with Gasteiger partial charge in [0.15, 0.2) is 12.1 Å². The van der Waals surface area contributed by atoms with Gasteiger partial charge in [-0.25, -0.2) is 4.79 Å². The largest absolute Gasteiger partial charge is 0.480 e. The minimum Gasteiger partial charge on any atom is -0.480 e. The van der Waals surface area contributed by atoms with E-state index < -0.39 is 30.1 Å². The number of hydrogen-bond donors (Lipinski definition) is 3. The van der Waals surface area contributed by atoms with E-state index in [2.05, 4.69) is 21.2 Å². The van der Waals surface area contributed by atoms with E-state index in [4.69, 9.17) is 21.4 Å². The van der Waals surface area contributed by atoms with Crippen molar-refractivity contribution in [1.29, 1.82) is 0 Å². The minimum absolute atomic E-state index is 0.394. The van der Waals surface area contributed by atoms with Crippen molar-refractivity contribution < 1.29 is 24.5 Å². The number of ether oxygens (including phenoxy) is 1. The van der Waals surface area contributed by atoms with E-state index in [1.165, 1.54) is 13.8 Å². The molecule has 1 rings (SSSR count). The van der Waals surface area contributed by atoms with Gasteiger partial charge in [-0.3, -0.25) is 4.79 Å². The first kappa shape index (κ1) is 17.7. The Morgan fingerprint density at radius 2 is 2.00 bits per heavy atom. The van der Waals surface area contributed by atoms with Crippen molar-refractivity contribution in [2.75, 3.05) is 0 Å². The summed E-state index contributed by atoms with van der Waals surface area (Å²) in [6.45, 7) is 2.75. The molecule has 6 nitrogen and oxygen atoms in total. The van der Waals surface area contributed by atoms with Crippen molar-refractivity contribution in [3.05, 3.63) is 27.7 Å². The van der Waals surface area contributed by atoms with E-state index in [0.29, 0.717) is 15.2 Å². The summed E-state index contributed by atoms with van der Waals surface area (Å²) in [5, 5.41) is 20.9. The maximum atomic E-state index is 11.9. The van der Waals surface area contributed by atoms with Crippen LogP contribution in [0.5, 0.6) is 5.75 Å². The molecule has 21 heavy (non-hydrogen) atoms. The molecule has 3 unspecified atom stereocenters. The van der Waals surface area contributed by atoms with Crippen molar-refractivity contribution in [1.82, 2.24) is 5.32 Å². The third-order valence-electron chi connectivity index (χ3n) is 2.61. The smallest absolute Gasteiger partial charge is 0.328 e. The number of aliphatic hydroxyl groups excluding tert-OH is 1. The fourth-order valence-corrected chi connectivity index (χ4v) is 2.25. The summed E-state index contributed by atoms with van der Waals surface area (Å²) in [6.07, 6.45) is -2.16. The van der Waals surface area contributed by atoms with Crippen molar-refractivity contribution in [3.63, 3.8) is 0 Å². The Balaban J connectivity index is 2.72. The zero-order chi connectivity index (χ0) is 16.2. The van der Waals surface area contributed by atoms with Crippen molar-refractivity contribution >= 4 is 39.4 Å². The summed E-state index contributed by atoms with van der Waals surface area (Å²) < 4.78 is 6.00. The molecule has 0 bridgehead atoms. The van der Waals surface area contributed by atoms with Gasteiger partial charge in [0, 0.05) is 5.02 Å². The van der Waals surface area contributed by atoms with E-state index in [1.54, 1.807) is 18.2 Å². The molecule has 1 aromatic carbocycles. The third kappa shape index (κ3) is 5.18. The molecule has 0 aromatic heterocycles. The Hall–Kier alpha value is -1.31. The lowest BCUT2D eigenvalue weighted by molar-refractivity contribution is -0.145. The van der Waals surface area contributed by atoms with E-state index in [0.717, 1.165) is 0 Å². The van der Waals surface area contributed by atoms with Crippen LogP contribution >= 0.6 is 27.5 Å². The highest BCUT2D eigenvalue weighted by Gasteiger charge is 2.27. The number of carbonyl (C=O) groups excluding carboxylic acids is 1. The number of halogens is 2. The van der Waals surface area contributed by atoms with Gasteiger partial charge in [-0.1, -0.05) is 11.6 Å². The predicted octanol–water partition coefficient (Wildman–Crippen LogP) is 1.82. The Labute approximate surface area is 135 Å². The van der Waals surface area contributed by atoms with E-state index in [-0.39, 0.29) is 0 Å². The first-order valence-electron chi connectivity index (χ1n) is 6.05. The molecule has 0 spiro atoms. The number of rotatable bonds is 6. The molecular weight excluding hydrogens is 366 g/mol. The lowest BCUT2D eigenvalue weighted by Gasteiger charge is -2.20. The molecule has 0 heterocycles. The molecule has 0 fully saturated rings. The van der Waals surface area contributed by atoms with E-state index in [9.17, 15) is 14.7 Å². The molecule has 0 radical (unpaired) electrons. The van der Waals surface area contributed by atoms with Crippen LogP contribution in [0, 0.1) is 0 Å². The van der Waals surface area contributed by atoms with Crippen molar-refractivity contribution in [2.45, 2.75) is 32.1 Å². The zero-order valence-corrected chi connectivity index (χ0v) is 13.7. The quantitative estimate of drug-likeness (QED) is 0.699. The highest BCUT2D eigenvalue weighted by molar-refractivity contribution is 9.10. The SMILES string of the molecule is CC(Oc1ccc(Cl)cc1Br)C(=O)NC(C(=O)O)C(C)O. The number of aliphatic carboxylic acids is 1. The molecule has 1 aromatic rings. The maximum absolute atomic E-state index is 11.9. The van der Waals surface area contributed by atoms with Gasteiger partial charge in [0.05, 0.1) is 10.6 Å². The summed E-state index contributed by atoms with van der Waals surface area (Å²) >= 11 is 9.04. The second-order valence-corrected chi connectivity index (χ2v) is 5.69. The van der Waals surface area contributed by atoms with Crippen LogP contribution in [0.4, 0.5) is 0 Å². The number of benzene rings is 1. The number of carbonyl (C=O) groups is 2. The number of aliphatic hydroxyl groups is 1. The molecule has 8 heteroatoms. The van der Waals surface area contributed by atoms with Gasteiger partial charge in [0.25, 0.3) is 5.91 Å². The van der Waals surface area contributed by atoms with Crippen LogP contribution in [0.3, 0.4) is 0 Å². The Morgan fingerprint density at radius 1 is 1.38 bits per heavy atom. The monoisotopic (exact) mass is 379 g/mol. The van der Waals surface area contributed by atoms with Crippen LogP contribution in [0.2, 0.25) is 5.02 Å². The molecule has 0 aliphatic rings. The molecule has 0 aliphatic heterocycles. The number of carboxylic acids is 1. The Morgan fingerprint density at radius 3 is 2.48 bits per heavy atom.